The fourth-order valence-electron chi connectivity index (χ4n) is 4.44. The number of halogens is 1. The third-order valence-corrected chi connectivity index (χ3v) is 6.61. The second-order valence-corrected chi connectivity index (χ2v) is 11.1. The highest BCUT2D eigenvalue weighted by molar-refractivity contribution is 9.10. The highest BCUT2D eigenvalue weighted by Crippen LogP contribution is 2.35. The zero-order valence-electron chi connectivity index (χ0n) is 20.9. The minimum absolute atomic E-state index is 0.0758. The lowest BCUT2D eigenvalue weighted by atomic mass is 9.85. The van der Waals surface area contributed by atoms with Gasteiger partial charge in [-0.2, -0.15) is 0 Å². The van der Waals surface area contributed by atoms with E-state index in [1.807, 2.05) is 63.4 Å². The van der Waals surface area contributed by atoms with Crippen molar-refractivity contribution in [1.82, 2.24) is 4.98 Å². The quantitative estimate of drug-likeness (QED) is 0.182. The van der Waals surface area contributed by atoms with E-state index in [9.17, 15) is 19.7 Å². The Labute approximate surface area is 223 Å². The summed E-state index contributed by atoms with van der Waals surface area (Å²) in [5.41, 5.74) is 2.45. The maximum Gasteiger partial charge on any atom is 0.269 e. The van der Waals surface area contributed by atoms with E-state index in [4.69, 9.17) is 0 Å². The van der Waals surface area contributed by atoms with Gasteiger partial charge in [-0.3, -0.25) is 24.6 Å². The standard InChI is InChI=1S/C29H28BrN3O4/c1-29(2,3)17-26(34)28(19-8-12-23(13-9-19)33(36)37)32(22-14-10-21(30)11-15-22)27(35)16-20-18-31-25-7-5-4-6-24(20)25/h4-15,18,28,31H,16-17H2,1-3H3. The van der Waals surface area contributed by atoms with E-state index in [2.05, 4.69) is 20.9 Å². The number of carbonyl (C=O) groups is 2. The molecule has 0 aliphatic carbocycles. The van der Waals surface area contributed by atoms with Crippen molar-refractivity contribution in [3.63, 3.8) is 0 Å². The van der Waals surface area contributed by atoms with Gasteiger partial charge in [0, 0.05) is 45.8 Å². The Morgan fingerprint density at radius 1 is 1.00 bits per heavy atom. The molecule has 190 valence electrons. The fourth-order valence-corrected chi connectivity index (χ4v) is 4.71. The highest BCUT2D eigenvalue weighted by Gasteiger charge is 2.35. The van der Waals surface area contributed by atoms with Crippen LogP contribution in [0.5, 0.6) is 0 Å². The van der Waals surface area contributed by atoms with Crippen molar-refractivity contribution in [2.24, 2.45) is 5.41 Å². The van der Waals surface area contributed by atoms with Crippen molar-refractivity contribution >= 4 is 49.9 Å². The number of Topliss-reactive ketones (excluding diaryl/α,β-unsaturated/α-hetero) is 1. The van der Waals surface area contributed by atoms with Gasteiger partial charge < -0.3 is 4.98 Å². The molecule has 4 aromatic rings. The van der Waals surface area contributed by atoms with Gasteiger partial charge in [0.1, 0.15) is 6.04 Å². The molecule has 1 N–H and O–H groups in total. The molecule has 1 atom stereocenters. The van der Waals surface area contributed by atoms with E-state index < -0.39 is 11.0 Å². The normalized spacial score (nSPS) is 12.3. The van der Waals surface area contributed by atoms with Crippen LogP contribution < -0.4 is 4.90 Å². The number of benzene rings is 3. The number of hydrogen-bond donors (Lipinski definition) is 1. The Morgan fingerprint density at radius 2 is 1.65 bits per heavy atom. The number of hydrogen-bond acceptors (Lipinski definition) is 4. The van der Waals surface area contributed by atoms with Gasteiger partial charge >= 0.3 is 0 Å². The largest absolute Gasteiger partial charge is 0.361 e. The van der Waals surface area contributed by atoms with Crippen molar-refractivity contribution in [2.75, 3.05) is 4.90 Å². The van der Waals surface area contributed by atoms with Gasteiger partial charge in [-0.25, -0.2) is 0 Å². The molecule has 1 aromatic heterocycles. The minimum atomic E-state index is -0.945. The van der Waals surface area contributed by atoms with Crippen LogP contribution in [-0.4, -0.2) is 21.6 Å². The van der Waals surface area contributed by atoms with Gasteiger partial charge in [0.25, 0.3) is 5.69 Å². The second kappa shape index (κ2) is 10.7. The molecule has 0 aliphatic heterocycles. The number of fused-ring (bicyclic) bond motifs is 1. The van der Waals surface area contributed by atoms with E-state index in [1.165, 1.54) is 17.0 Å². The number of amides is 1. The number of H-pyrrole nitrogens is 1. The number of carbonyl (C=O) groups excluding carboxylic acids is 2. The Balaban J connectivity index is 1.82. The molecule has 0 fully saturated rings. The summed E-state index contributed by atoms with van der Waals surface area (Å²) in [5.74, 6) is -0.394. The van der Waals surface area contributed by atoms with Crippen molar-refractivity contribution in [3.8, 4) is 0 Å². The lowest BCUT2D eigenvalue weighted by Crippen LogP contribution is -2.41. The van der Waals surface area contributed by atoms with Crippen LogP contribution in [0.3, 0.4) is 0 Å². The molecular weight excluding hydrogens is 534 g/mol. The first-order valence-electron chi connectivity index (χ1n) is 11.9. The van der Waals surface area contributed by atoms with Gasteiger partial charge in [0.15, 0.2) is 5.78 Å². The van der Waals surface area contributed by atoms with E-state index in [-0.39, 0.29) is 35.6 Å². The molecule has 3 aromatic carbocycles. The molecule has 1 amide bonds. The van der Waals surface area contributed by atoms with Crippen LogP contribution in [0.15, 0.2) is 83.5 Å². The monoisotopic (exact) mass is 561 g/mol. The number of aromatic amines is 1. The maximum atomic E-state index is 14.0. The van der Waals surface area contributed by atoms with Gasteiger partial charge in [-0.1, -0.05) is 54.9 Å². The average molecular weight is 562 g/mol. The summed E-state index contributed by atoms with van der Waals surface area (Å²) in [7, 11) is 0. The zero-order valence-corrected chi connectivity index (χ0v) is 22.5. The van der Waals surface area contributed by atoms with Gasteiger partial charge in [-0.15, -0.1) is 0 Å². The Kier molecular flexibility index (Phi) is 7.59. The number of para-hydroxylation sites is 1. The van der Waals surface area contributed by atoms with Crippen molar-refractivity contribution < 1.29 is 14.5 Å². The Bertz CT molecular complexity index is 1440. The third kappa shape index (κ3) is 6.14. The van der Waals surface area contributed by atoms with Crippen LogP contribution in [0, 0.1) is 15.5 Å². The van der Waals surface area contributed by atoms with E-state index >= 15 is 0 Å². The number of nitro groups is 1. The SMILES string of the molecule is CC(C)(C)CC(=O)C(c1ccc([N+](=O)[O-])cc1)N(C(=O)Cc1c[nH]c2ccccc12)c1ccc(Br)cc1. The molecule has 8 heteroatoms. The highest BCUT2D eigenvalue weighted by atomic mass is 79.9. The van der Waals surface area contributed by atoms with Crippen LogP contribution in [0.1, 0.15) is 44.4 Å². The fraction of sp³-hybridized carbons (Fsp3) is 0.241. The molecule has 4 rings (SSSR count). The van der Waals surface area contributed by atoms with Gasteiger partial charge in [0.05, 0.1) is 11.3 Å². The summed E-state index contributed by atoms with van der Waals surface area (Å²) in [4.78, 5) is 43.4. The lowest BCUT2D eigenvalue weighted by molar-refractivity contribution is -0.384. The Morgan fingerprint density at radius 3 is 2.27 bits per heavy atom. The summed E-state index contributed by atoms with van der Waals surface area (Å²) in [6.45, 7) is 5.90. The summed E-state index contributed by atoms with van der Waals surface area (Å²) in [5, 5.41) is 12.2. The Hall–Kier alpha value is -3.78. The number of rotatable bonds is 8. The van der Waals surface area contributed by atoms with Crippen LogP contribution in [0.2, 0.25) is 0 Å². The van der Waals surface area contributed by atoms with Crippen LogP contribution >= 0.6 is 15.9 Å². The van der Waals surface area contributed by atoms with E-state index in [0.717, 1.165) is 20.9 Å². The summed E-state index contributed by atoms with van der Waals surface area (Å²) >= 11 is 3.44. The third-order valence-electron chi connectivity index (χ3n) is 6.08. The van der Waals surface area contributed by atoms with Crippen LogP contribution in [0.4, 0.5) is 11.4 Å². The second-order valence-electron chi connectivity index (χ2n) is 10.2. The average Bonchev–Trinajstić information content (AvgIpc) is 3.25. The topological polar surface area (TPSA) is 96.3 Å². The smallest absolute Gasteiger partial charge is 0.269 e. The lowest BCUT2D eigenvalue weighted by Gasteiger charge is -2.33. The molecule has 1 unspecified atom stereocenters. The number of nitro benzene ring substituents is 1. The minimum Gasteiger partial charge on any atom is -0.361 e. The molecule has 37 heavy (non-hydrogen) atoms. The van der Waals surface area contributed by atoms with Crippen LogP contribution in [0.25, 0.3) is 10.9 Å². The summed E-state index contributed by atoms with van der Waals surface area (Å²) < 4.78 is 0.841. The molecule has 0 radical (unpaired) electrons. The first-order valence-corrected chi connectivity index (χ1v) is 12.7. The summed E-state index contributed by atoms with van der Waals surface area (Å²) in [6, 6.07) is 19.9. The predicted octanol–water partition coefficient (Wildman–Crippen LogP) is 7.16. The first-order chi connectivity index (χ1) is 17.5. The number of nitrogens with zero attached hydrogens (tertiary/aromatic N) is 2. The first kappa shape index (κ1) is 26.3. The number of ketones is 1. The number of nitrogens with one attached hydrogen (secondary N) is 1. The predicted molar refractivity (Wildman–Crippen MR) is 149 cm³/mol. The maximum absolute atomic E-state index is 14.0. The number of anilines is 1. The molecule has 0 saturated carbocycles. The van der Waals surface area contributed by atoms with Crippen molar-refractivity contribution in [2.45, 2.75) is 39.7 Å². The van der Waals surface area contributed by atoms with Gasteiger partial charge in [-0.05, 0) is 59.0 Å². The van der Waals surface area contributed by atoms with Crippen LogP contribution in [-0.2, 0) is 16.0 Å². The van der Waals surface area contributed by atoms with E-state index in [1.54, 1.807) is 24.3 Å². The number of non-ortho nitro benzene ring substituents is 1. The van der Waals surface area contributed by atoms with Gasteiger partial charge in [0.2, 0.25) is 5.91 Å². The zero-order chi connectivity index (χ0) is 26.7. The molecule has 0 saturated heterocycles. The molecule has 0 bridgehead atoms. The molecular formula is C29H28BrN3O4. The van der Waals surface area contributed by atoms with Crippen molar-refractivity contribution in [3.05, 3.63) is 105 Å². The van der Waals surface area contributed by atoms with E-state index in [0.29, 0.717) is 11.3 Å². The van der Waals surface area contributed by atoms with Crippen molar-refractivity contribution in [1.29, 1.82) is 0 Å². The number of aromatic nitrogens is 1. The molecule has 7 nitrogen and oxygen atoms in total. The molecule has 0 aliphatic rings. The molecule has 1 heterocycles. The molecule has 0 spiro atoms. The summed E-state index contributed by atoms with van der Waals surface area (Å²) in [6.07, 6.45) is 2.12.